The van der Waals surface area contributed by atoms with Gasteiger partial charge in [-0.3, -0.25) is 0 Å². The van der Waals surface area contributed by atoms with Crippen molar-refractivity contribution in [1.29, 1.82) is 0 Å². The summed E-state index contributed by atoms with van der Waals surface area (Å²) in [7, 11) is 0. The molecule has 0 N–H and O–H groups in total. The molecular formula is C36H27F11O2. The summed E-state index contributed by atoms with van der Waals surface area (Å²) < 4.78 is 167. The fourth-order valence-corrected chi connectivity index (χ4v) is 5.84. The molecule has 0 bridgehead atoms. The van der Waals surface area contributed by atoms with E-state index in [-0.39, 0.29) is 23.7 Å². The maximum absolute atomic E-state index is 15.2. The third-order valence-corrected chi connectivity index (χ3v) is 8.24. The Hall–Kier alpha value is -4.31. The van der Waals surface area contributed by atoms with Gasteiger partial charge in [0.25, 0.3) is 0 Å². The molecule has 1 fully saturated rings. The molecule has 2 atom stereocenters. The van der Waals surface area contributed by atoms with E-state index in [1.807, 2.05) is 0 Å². The van der Waals surface area contributed by atoms with Gasteiger partial charge in [-0.15, -0.1) is 0 Å². The summed E-state index contributed by atoms with van der Waals surface area (Å²) >= 11 is 0. The van der Waals surface area contributed by atoms with E-state index in [0.29, 0.717) is 42.4 Å². The van der Waals surface area contributed by atoms with Gasteiger partial charge in [0, 0.05) is 23.5 Å². The molecule has 0 spiro atoms. The SMILES string of the molecule is CCCCCC1CCC(c2ccc(-c3cc(F)c(C(F)(F)Oc4cc(F)c5c(F)c(C#CC(F)(F)F)c(F)cc5c4)c(F)c3)c(F)c2)CO1. The number of fused-ring (bicyclic) bond motifs is 1. The molecule has 0 radical (unpaired) electrons. The van der Waals surface area contributed by atoms with Crippen molar-refractivity contribution < 1.29 is 57.8 Å². The van der Waals surface area contributed by atoms with Crippen molar-refractivity contribution in [2.45, 2.75) is 69.8 Å². The van der Waals surface area contributed by atoms with E-state index < -0.39 is 80.4 Å². The van der Waals surface area contributed by atoms with Gasteiger partial charge in [-0.1, -0.05) is 44.2 Å². The molecule has 1 aliphatic heterocycles. The zero-order valence-corrected chi connectivity index (χ0v) is 25.7. The van der Waals surface area contributed by atoms with Crippen LogP contribution in [0.2, 0.25) is 0 Å². The van der Waals surface area contributed by atoms with Crippen LogP contribution in [-0.2, 0) is 10.8 Å². The van der Waals surface area contributed by atoms with E-state index in [1.165, 1.54) is 18.1 Å². The lowest BCUT2D eigenvalue weighted by Crippen LogP contribution is -2.25. The van der Waals surface area contributed by atoms with Gasteiger partial charge in [0.05, 0.1) is 23.7 Å². The molecule has 4 aromatic rings. The number of halogens is 11. The number of rotatable bonds is 9. The normalized spacial score (nSPS) is 16.8. The van der Waals surface area contributed by atoms with Crippen molar-refractivity contribution in [1.82, 2.24) is 0 Å². The highest BCUT2D eigenvalue weighted by molar-refractivity contribution is 5.87. The fraction of sp³-hybridized carbons (Fsp3) is 0.333. The Morgan fingerprint density at radius 2 is 1.51 bits per heavy atom. The molecule has 0 aromatic heterocycles. The summed E-state index contributed by atoms with van der Waals surface area (Å²) in [5, 5.41) is -1.86. The number of hydrogen-bond acceptors (Lipinski definition) is 2. The lowest BCUT2D eigenvalue weighted by molar-refractivity contribution is -0.189. The Morgan fingerprint density at radius 1 is 0.796 bits per heavy atom. The summed E-state index contributed by atoms with van der Waals surface area (Å²) in [4.78, 5) is 0. The first-order valence-corrected chi connectivity index (χ1v) is 15.3. The van der Waals surface area contributed by atoms with Crippen LogP contribution in [0.4, 0.5) is 48.3 Å². The summed E-state index contributed by atoms with van der Waals surface area (Å²) in [6.07, 6.45) is -4.08. The van der Waals surface area contributed by atoms with Gasteiger partial charge in [-0.25, -0.2) is 26.3 Å². The maximum atomic E-state index is 15.2. The van der Waals surface area contributed by atoms with Crippen molar-refractivity contribution in [3.05, 3.63) is 100 Å². The highest BCUT2D eigenvalue weighted by atomic mass is 19.4. The minimum atomic E-state index is -5.13. The molecule has 0 aliphatic carbocycles. The van der Waals surface area contributed by atoms with Gasteiger partial charge in [0.15, 0.2) is 5.82 Å². The van der Waals surface area contributed by atoms with Crippen LogP contribution >= 0.6 is 0 Å². The average molecular weight is 701 g/mol. The molecule has 1 aliphatic rings. The van der Waals surface area contributed by atoms with Gasteiger partial charge in [-0.2, -0.15) is 22.0 Å². The number of benzene rings is 4. The fourth-order valence-electron chi connectivity index (χ4n) is 5.84. The van der Waals surface area contributed by atoms with Crippen molar-refractivity contribution in [3.8, 4) is 28.7 Å². The van der Waals surface area contributed by atoms with E-state index in [2.05, 4.69) is 11.7 Å². The predicted octanol–water partition coefficient (Wildman–Crippen LogP) is 11.2. The maximum Gasteiger partial charge on any atom is 0.458 e. The van der Waals surface area contributed by atoms with E-state index in [1.54, 1.807) is 6.07 Å². The van der Waals surface area contributed by atoms with E-state index in [0.717, 1.165) is 38.5 Å². The molecule has 260 valence electrons. The van der Waals surface area contributed by atoms with Crippen LogP contribution in [0.3, 0.4) is 0 Å². The Kier molecular flexibility index (Phi) is 10.5. The first kappa shape index (κ1) is 36.0. The van der Waals surface area contributed by atoms with Crippen molar-refractivity contribution in [3.63, 3.8) is 0 Å². The van der Waals surface area contributed by atoms with Crippen molar-refractivity contribution in [2.75, 3.05) is 6.61 Å². The molecule has 2 nitrogen and oxygen atoms in total. The number of alkyl halides is 5. The molecule has 0 saturated carbocycles. The summed E-state index contributed by atoms with van der Waals surface area (Å²) in [5.74, 6) is -9.09. The molecule has 0 amide bonds. The molecule has 1 saturated heterocycles. The smallest absolute Gasteiger partial charge is 0.429 e. The molecule has 1 heterocycles. The van der Waals surface area contributed by atoms with Crippen LogP contribution < -0.4 is 4.74 Å². The highest BCUT2D eigenvalue weighted by Crippen LogP contribution is 2.40. The van der Waals surface area contributed by atoms with E-state index in [4.69, 9.17) is 4.74 Å². The number of ether oxygens (including phenoxy) is 2. The van der Waals surface area contributed by atoms with Crippen molar-refractivity contribution >= 4 is 10.8 Å². The van der Waals surface area contributed by atoms with Crippen LogP contribution in [0, 0.1) is 46.7 Å². The second kappa shape index (κ2) is 14.3. The minimum Gasteiger partial charge on any atom is -0.429 e. The minimum absolute atomic E-state index is 0.101. The second-order valence-electron chi connectivity index (χ2n) is 11.7. The van der Waals surface area contributed by atoms with Crippen LogP contribution in [0.1, 0.15) is 68.1 Å². The lowest BCUT2D eigenvalue weighted by atomic mass is 9.89. The third-order valence-electron chi connectivity index (χ3n) is 8.24. The number of unbranched alkanes of at least 4 members (excludes halogenated alkanes) is 2. The molecule has 5 rings (SSSR count). The van der Waals surface area contributed by atoms with Gasteiger partial charge in [0.2, 0.25) is 0 Å². The van der Waals surface area contributed by atoms with Crippen LogP contribution in [-0.4, -0.2) is 18.9 Å². The summed E-state index contributed by atoms with van der Waals surface area (Å²) in [6, 6.07) is 5.96. The molecule has 13 heteroatoms. The van der Waals surface area contributed by atoms with Gasteiger partial charge < -0.3 is 9.47 Å². The second-order valence-corrected chi connectivity index (χ2v) is 11.7. The monoisotopic (exact) mass is 700 g/mol. The Balaban J connectivity index is 1.36. The van der Waals surface area contributed by atoms with E-state index >= 15 is 22.0 Å². The Bertz CT molecular complexity index is 1890. The van der Waals surface area contributed by atoms with Gasteiger partial charge in [0.1, 0.15) is 40.4 Å². The third kappa shape index (κ3) is 8.12. The molecule has 4 aromatic carbocycles. The summed E-state index contributed by atoms with van der Waals surface area (Å²) in [5.41, 5.74) is -3.41. The number of hydrogen-bond donors (Lipinski definition) is 0. The zero-order chi connectivity index (χ0) is 35.7. The Morgan fingerprint density at radius 3 is 2.12 bits per heavy atom. The van der Waals surface area contributed by atoms with Crippen LogP contribution in [0.25, 0.3) is 21.9 Å². The largest absolute Gasteiger partial charge is 0.458 e. The van der Waals surface area contributed by atoms with Crippen LogP contribution in [0.5, 0.6) is 5.75 Å². The van der Waals surface area contributed by atoms with Gasteiger partial charge in [-0.05, 0) is 66.1 Å². The predicted molar refractivity (Wildman–Crippen MR) is 159 cm³/mol. The molecule has 2 unspecified atom stereocenters. The lowest BCUT2D eigenvalue weighted by Gasteiger charge is -2.29. The molecule has 49 heavy (non-hydrogen) atoms. The summed E-state index contributed by atoms with van der Waals surface area (Å²) in [6.45, 7) is 2.49. The Labute approximate surface area is 273 Å². The standard InChI is InChI=1S/C36H27F11O2/c1-2-3-4-5-23-8-6-20(18-48-23)19-7-9-25(27(37)13-19)21-14-30(40)33(31(41)15-21)36(46,47)49-24-12-22-16-28(38)26(10-11-35(43,44)45)34(42)32(22)29(39)17-24/h7,9,12-17,20,23H,2-6,8,18H2,1H3. The quantitative estimate of drug-likeness (QED) is 0.0983. The molecular weight excluding hydrogens is 673 g/mol. The first-order chi connectivity index (χ1) is 23.1. The van der Waals surface area contributed by atoms with Crippen molar-refractivity contribution in [2.24, 2.45) is 0 Å². The topological polar surface area (TPSA) is 18.5 Å². The zero-order valence-electron chi connectivity index (χ0n) is 25.7. The average Bonchev–Trinajstić information content (AvgIpc) is 2.99. The first-order valence-electron chi connectivity index (χ1n) is 15.3. The van der Waals surface area contributed by atoms with E-state index in [9.17, 15) is 26.3 Å². The highest BCUT2D eigenvalue weighted by Gasteiger charge is 2.41. The van der Waals surface area contributed by atoms with Gasteiger partial charge >= 0.3 is 12.3 Å². The van der Waals surface area contributed by atoms with Crippen LogP contribution in [0.15, 0.2) is 48.5 Å².